The molecular formula is C19H33N5O2. The Balaban J connectivity index is 1.60. The Kier molecular flexibility index (Phi) is 6.64. The maximum Gasteiger partial charge on any atom is 0.222 e. The highest BCUT2D eigenvalue weighted by atomic mass is 16.3. The van der Waals surface area contributed by atoms with Crippen LogP contribution in [0.15, 0.2) is 0 Å². The molecule has 0 spiro atoms. The Hall–Kier alpha value is -1.47. The van der Waals surface area contributed by atoms with Gasteiger partial charge in [-0.2, -0.15) is 0 Å². The molecule has 7 nitrogen and oxygen atoms in total. The third-order valence-corrected chi connectivity index (χ3v) is 5.80. The van der Waals surface area contributed by atoms with Gasteiger partial charge in [-0.15, -0.1) is 10.2 Å². The van der Waals surface area contributed by atoms with Crippen molar-refractivity contribution in [2.45, 2.75) is 70.4 Å². The lowest BCUT2D eigenvalue weighted by Crippen LogP contribution is -2.39. The lowest BCUT2D eigenvalue weighted by molar-refractivity contribution is -0.132. The van der Waals surface area contributed by atoms with Crippen molar-refractivity contribution in [3.8, 4) is 0 Å². The number of rotatable bonds is 6. The van der Waals surface area contributed by atoms with Crippen molar-refractivity contribution in [1.29, 1.82) is 0 Å². The first-order chi connectivity index (χ1) is 12.6. The molecule has 1 N–H and O–H groups in total. The van der Waals surface area contributed by atoms with E-state index in [1.54, 1.807) is 0 Å². The van der Waals surface area contributed by atoms with E-state index in [1.165, 1.54) is 0 Å². The molecule has 7 heteroatoms. The number of unbranched alkanes of at least 4 members (excludes halogenated alkanes) is 1. The second-order valence-electron chi connectivity index (χ2n) is 7.82. The van der Waals surface area contributed by atoms with Crippen molar-refractivity contribution in [1.82, 2.24) is 24.6 Å². The van der Waals surface area contributed by atoms with Crippen LogP contribution in [0.3, 0.4) is 0 Å². The van der Waals surface area contributed by atoms with Gasteiger partial charge in [-0.05, 0) is 32.1 Å². The van der Waals surface area contributed by atoms with Crippen LogP contribution in [-0.2, 0) is 18.4 Å². The second-order valence-corrected chi connectivity index (χ2v) is 7.82. The lowest BCUT2D eigenvalue weighted by atomic mass is 9.96. The Labute approximate surface area is 156 Å². The Morgan fingerprint density at radius 2 is 1.96 bits per heavy atom. The van der Waals surface area contributed by atoms with Crippen LogP contribution >= 0.6 is 0 Å². The normalized spacial score (nSPS) is 22.7. The predicted molar refractivity (Wildman–Crippen MR) is 99.6 cm³/mol. The lowest BCUT2D eigenvalue weighted by Gasteiger charge is -2.32. The van der Waals surface area contributed by atoms with Gasteiger partial charge in [-0.1, -0.05) is 13.3 Å². The van der Waals surface area contributed by atoms with E-state index in [-0.39, 0.29) is 17.9 Å². The largest absolute Gasteiger partial charge is 0.393 e. The van der Waals surface area contributed by atoms with Crippen LogP contribution in [0.25, 0.3) is 0 Å². The molecule has 146 valence electrons. The smallest absolute Gasteiger partial charge is 0.222 e. The van der Waals surface area contributed by atoms with Crippen molar-refractivity contribution >= 4 is 5.91 Å². The third kappa shape index (κ3) is 4.62. The number of aromatic nitrogens is 3. The molecule has 0 aromatic carbocycles. The van der Waals surface area contributed by atoms with Gasteiger partial charge in [-0.25, -0.2) is 0 Å². The van der Waals surface area contributed by atoms with Gasteiger partial charge in [0, 0.05) is 45.6 Å². The minimum atomic E-state index is -0.153. The molecule has 0 unspecified atom stereocenters. The zero-order chi connectivity index (χ0) is 18.5. The maximum atomic E-state index is 12.4. The Morgan fingerprint density at radius 3 is 2.69 bits per heavy atom. The van der Waals surface area contributed by atoms with E-state index in [0.717, 1.165) is 82.9 Å². The quantitative estimate of drug-likeness (QED) is 0.832. The van der Waals surface area contributed by atoms with E-state index in [2.05, 4.69) is 26.6 Å². The molecule has 2 aliphatic heterocycles. The highest BCUT2D eigenvalue weighted by Gasteiger charge is 2.28. The van der Waals surface area contributed by atoms with Gasteiger partial charge < -0.3 is 14.6 Å². The average molecular weight is 364 g/mol. The highest BCUT2D eigenvalue weighted by molar-refractivity contribution is 5.76. The van der Waals surface area contributed by atoms with E-state index < -0.39 is 0 Å². The zero-order valence-corrected chi connectivity index (χ0v) is 16.2. The van der Waals surface area contributed by atoms with Crippen LogP contribution < -0.4 is 0 Å². The van der Waals surface area contributed by atoms with Gasteiger partial charge in [-0.3, -0.25) is 9.69 Å². The van der Waals surface area contributed by atoms with Crippen molar-refractivity contribution < 1.29 is 9.90 Å². The molecule has 1 atom stereocenters. The molecule has 26 heavy (non-hydrogen) atoms. The number of hydrogen-bond donors (Lipinski definition) is 1. The van der Waals surface area contributed by atoms with Crippen LogP contribution in [0.2, 0.25) is 0 Å². The summed E-state index contributed by atoms with van der Waals surface area (Å²) >= 11 is 0. The number of carbonyl (C=O) groups excluding carboxylic acids is 1. The fourth-order valence-electron chi connectivity index (χ4n) is 4.05. The predicted octanol–water partition coefficient (Wildman–Crippen LogP) is 1.67. The Morgan fingerprint density at radius 1 is 1.19 bits per heavy atom. The summed E-state index contributed by atoms with van der Waals surface area (Å²) in [5, 5.41) is 18.6. The summed E-state index contributed by atoms with van der Waals surface area (Å²) in [5.74, 6) is 2.55. The first-order valence-corrected chi connectivity index (χ1v) is 10.1. The fraction of sp³-hybridized carbons (Fsp3) is 0.842. The monoisotopic (exact) mass is 363 g/mol. The van der Waals surface area contributed by atoms with E-state index in [0.29, 0.717) is 6.42 Å². The summed E-state index contributed by atoms with van der Waals surface area (Å²) in [5.41, 5.74) is 0. The SMILES string of the molecule is CCCCC(=O)N1CCC[C@@H](c2nnc(CN3CCC(O)CC3)n2C)C1. The van der Waals surface area contributed by atoms with Crippen molar-refractivity contribution in [2.75, 3.05) is 26.2 Å². The molecule has 3 rings (SSSR count). The molecule has 3 heterocycles. The minimum Gasteiger partial charge on any atom is -0.393 e. The van der Waals surface area contributed by atoms with E-state index in [9.17, 15) is 9.90 Å². The van der Waals surface area contributed by atoms with E-state index in [4.69, 9.17) is 0 Å². The number of aliphatic hydroxyl groups excluding tert-OH is 1. The van der Waals surface area contributed by atoms with Crippen LogP contribution in [0.4, 0.5) is 0 Å². The number of nitrogens with zero attached hydrogens (tertiary/aromatic N) is 5. The van der Waals surface area contributed by atoms with Gasteiger partial charge in [0.25, 0.3) is 0 Å². The third-order valence-electron chi connectivity index (χ3n) is 5.80. The molecule has 0 radical (unpaired) electrons. The molecule has 0 bridgehead atoms. The summed E-state index contributed by atoms with van der Waals surface area (Å²) < 4.78 is 2.12. The topological polar surface area (TPSA) is 74.5 Å². The van der Waals surface area contributed by atoms with Gasteiger partial charge in [0.05, 0.1) is 12.6 Å². The Bertz CT molecular complexity index is 595. The molecule has 1 aromatic rings. The number of aliphatic hydroxyl groups is 1. The number of piperidine rings is 2. The molecule has 1 aromatic heterocycles. The van der Waals surface area contributed by atoms with Crippen LogP contribution in [-0.4, -0.2) is 67.9 Å². The van der Waals surface area contributed by atoms with Gasteiger partial charge in [0.15, 0.2) is 0 Å². The molecule has 2 fully saturated rings. The van der Waals surface area contributed by atoms with E-state index >= 15 is 0 Å². The van der Waals surface area contributed by atoms with Gasteiger partial charge >= 0.3 is 0 Å². The molecule has 2 aliphatic rings. The number of hydrogen-bond acceptors (Lipinski definition) is 5. The summed E-state index contributed by atoms with van der Waals surface area (Å²) in [7, 11) is 2.04. The van der Waals surface area contributed by atoms with Crippen molar-refractivity contribution in [2.24, 2.45) is 7.05 Å². The number of likely N-dealkylation sites (tertiary alicyclic amines) is 2. The minimum absolute atomic E-state index is 0.153. The van der Waals surface area contributed by atoms with Gasteiger partial charge in [0.2, 0.25) is 5.91 Å². The fourth-order valence-corrected chi connectivity index (χ4v) is 4.05. The van der Waals surface area contributed by atoms with Crippen LogP contribution in [0.5, 0.6) is 0 Å². The summed E-state index contributed by atoms with van der Waals surface area (Å²) in [6.45, 7) is 6.36. The average Bonchev–Trinajstić information content (AvgIpc) is 3.02. The molecule has 2 saturated heterocycles. The number of carbonyl (C=O) groups is 1. The van der Waals surface area contributed by atoms with Crippen molar-refractivity contribution in [3.63, 3.8) is 0 Å². The maximum absolute atomic E-state index is 12.4. The summed E-state index contributed by atoms with van der Waals surface area (Å²) in [4.78, 5) is 16.7. The van der Waals surface area contributed by atoms with Crippen molar-refractivity contribution in [3.05, 3.63) is 11.6 Å². The first kappa shape index (κ1) is 19.3. The second kappa shape index (κ2) is 8.95. The highest BCUT2D eigenvalue weighted by Crippen LogP contribution is 2.26. The molecule has 0 saturated carbocycles. The van der Waals surface area contributed by atoms with Crippen LogP contribution in [0.1, 0.15) is 69.4 Å². The van der Waals surface area contributed by atoms with Gasteiger partial charge in [0.1, 0.15) is 11.6 Å². The zero-order valence-electron chi connectivity index (χ0n) is 16.2. The van der Waals surface area contributed by atoms with E-state index in [1.807, 2.05) is 11.9 Å². The molecular weight excluding hydrogens is 330 g/mol. The molecule has 1 amide bonds. The first-order valence-electron chi connectivity index (χ1n) is 10.1. The molecule has 0 aliphatic carbocycles. The summed E-state index contributed by atoms with van der Waals surface area (Å²) in [6.07, 6.45) is 6.31. The summed E-state index contributed by atoms with van der Waals surface area (Å²) in [6, 6.07) is 0. The standard InChI is InChI=1S/C19H33N5O2/c1-3-4-7-18(26)24-10-5-6-15(13-24)19-21-20-17(22(19)2)14-23-11-8-16(25)9-12-23/h15-16,25H,3-14H2,1-2H3/t15-/m1/s1. The van der Waals surface area contributed by atoms with Crippen LogP contribution in [0, 0.1) is 0 Å². The number of amides is 1.